The molecule has 20 heavy (non-hydrogen) atoms. The van der Waals surface area contributed by atoms with Gasteiger partial charge < -0.3 is 15.4 Å². The van der Waals surface area contributed by atoms with Gasteiger partial charge in [-0.3, -0.25) is 9.59 Å². The van der Waals surface area contributed by atoms with Gasteiger partial charge in [0.15, 0.2) is 12.4 Å². The lowest BCUT2D eigenvalue weighted by atomic mass is 10.1. The Balaban J connectivity index is 2.22. The van der Waals surface area contributed by atoms with Crippen molar-refractivity contribution in [2.24, 2.45) is 5.73 Å². The average molecular weight is 294 g/mol. The van der Waals surface area contributed by atoms with E-state index in [0.717, 1.165) is 5.75 Å². The van der Waals surface area contributed by atoms with Gasteiger partial charge in [-0.1, -0.05) is 0 Å². The Bertz CT molecular complexity index is 533. The number of ketones is 1. The molecule has 108 valence electrons. The maximum atomic E-state index is 12.3. The van der Waals surface area contributed by atoms with Crippen LogP contribution in [0.4, 0.5) is 5.69 Å². The van der Waals surface area contributed by atoms with Gasteiger partial charge in [0.25, 0.3) is 5.91 Å². The molecule has 1 unspecified atom stereocenters. The van der Waals surface area contributed by atoms with Gasteiger partial charge in [0, 0.05) is 24.9 Å². The minimum Gasteiger partial charge on any atom is -0.482 e. The number of carbonyl (C=O) groups is 2. The predicted octanol–water partition coefficient (Wildman–Crippen LogP) is 1.30. The molecule has 2 rings (SSSR count). The minimum absolute atomic E-state index is 0.0395. The largest absolute Gasteiger partial charge is 0.482 e. The number of hydrogen-bond acceptors (Lipinski definition) is 5. The summed E-state index contributed by atoms with van der Waals surface area (Å²) >= 11 is 1.53. The highest BCUT2D eigenvalue weighted by Gasteiger charge is 2.24. The normalized spacial score (nSPS) is 15.6. The van der Waals surface area contributed by atoms with Crippen molar-refractivity contribution in [1.29, 1.82) is 0 Å². The monoisotopic (exact) mass is 294 g/mol. The number of nitrogens with two attached hydrogens (primary N) is 1. The molecule has 5 nitrogen and oxygen atoms in total. The molecule has 1 heterocycles. The second-order valence-corrected chi connectivity index (χ2v) is 6.04. The number of nitrogens with zero attached hydrogens (tertiary/aromatic N) is 1. The number of fused-ring (bicyclic) bond motifs is 1. The van der Waals surface area contributed by atoms with Crippen LogP contribution in [0.2, 0.25) is 0 Å². The van der Waals surface area contributed by atoms with Gasteiger partial charge in [-0.25, -0.2) is 0 Å². The third-order valence-corrected chi connectivity index (χ3v) is 4.37. The highest BCUT2D eigenvalue weighted by atomic mass is 32.2. The predicted molar refractivity (Wildman–Crippen MR) is 80.7 cm³/mol. The topological polar surface area (TPSA) is 72.6 Å². The summed E-state index contributed by atoms with van der Waals surface area (Å²) in [6.07, 6.45) is 0. The molecule has 0 spiro atoms. The first-order chi connectivity index (χ1) is 9.54. The third-order valence-electron chi connectivity index (χ3n) is 3.18. The standard InChI is InChI=1S/C14H18N2O3S/c1-9(20-6-5-15)14(18)10-3-4-12-11(7-10)16(2)13(17)8-19-12/h3-4,7,9H,5-6,8,15H2,1-2H3. The van der Waals surface area contributed by atoms with Crippen LogP contribution in [0.15, 0.2) is 18.2 Å². The van der Waals surface area contributed by atoms with Crippen molar-refractivity contribution in [2.75, 3.05) is 30.9 Å². The van der Waals surface area contributed by atoms with Gasteiger partial charge in [-0.15, -0.1) is 11.8 Å². The fourth-order valence-corrected chi connectivity index (χ4v) is 2.76. The number of amides is 1. The molecular weight excluding hydrogens is 276 g/mol. The number of likely N-dealkylation sites (N-methyl/N-ethyl adjacent to an activating group) is 1. The third kappa shape index (κ3) is 2.96. The Morgan fingerprint density at radius 2 is 2.30 bits per heavy atom. The lowest BCUT2D eigenvalue weighted by molar-refractivity contribution is -0.120. The fraction of sp³-hybridized carbons (Fsp3) is 0.429. The number of thioether (sulfide) groups is 1. The van der Waals surface area contributed by atoms with Crippen molar-refractivity contribution in [2.45, 2.75) is 12.2 Å². The van der Waals surface area contributed by atoms with E-state index in [2.05, 4.69) is 0 Å². The van der Waals surface area contributed by atoms with Crippen molar-refractivity contribution in [3.63, 3.8) is 0 Å². The van der Waals surface area contributed by atoms with Gasteiger partial charge in [-0.2, -0.15) is 0 Å². The number of rotatable bonds is 5. The van der Waals surface area contributed by atoms with Crippen LogP contribution < -0.4 is 15.4 Å². The number of benzene rings is 1. The van der Waals surface area contributed by atoms with Crippen LogP contribution >= 0.6 is 11.8 Å². The molecule has 1 atom stereocenters. The lowest BCUT2D eigenvalue weighted by Gasteiger charge is -2.26. The molecule has 1 aliphatic heterocycles. The van der Waals surface area contributed by atoms with Crippen LogP contribution in [-0.2, 0) is 4.79 Å². The van der Waals surface area contributed by atoms with Gasteiger partial charge in [-0.05, 0) is 25.1 Å². The molecule has 0 fully saturated rings. The van der Waals surface area contributed by atoms with E-state index in [-0.39, 0.29) is 23.5 Å². The van der Waals surface area contributed by atoms with Crippen LogP contribution in [0.5, 0.6) is 5.75 Å². The highest BCUT2D eigenvalue weighted by molar-refractivity contribution is 8.00. The fourth-order valence-electron chi connectivity index (χ4n) is 1.98. The zero-order valence-electron chi connectivity index (χ0n) is 11.6. The number of anilines is 1. The second kappa shape index (κ2) is 6.28. The zero-order valence-corrected chi connectivity index (χ0v) is 12.4. The van der Waals surface area contributed by atoms with E-state index in [4.69, 9.17) is 10.5 Å². The van der Waals surface area contributed by atoms with Crippen molar-refractivity contribution >= 4 is 29.1 Å². The summed E-state index contributed by atoms with van der Waals surface area (Å²) in [6, 6.07) is 5.20. The van der Waals surface area contributed by atoms with Gasteiger partial charge in [0.05, 0.1) is 10.9 Å². The molecule has 0 saturated carbocycles. The Kier molecular flexibility index (Phi) is 4.67. The van der Waals surface area contributed by atoms with E-state index in [1.54, 1.807) is 25.2 Å². The quantitative estimate of drug-likeness (QED) is 0.829. The van der Waals surface area contributed by atoms with E-state index in [1.807, 2.05) is 6.92 Å². The molecule has 1 aromatic rings. The molecule has 6 heteroatoms. The molecule has 2 N–H and O–H groups in total. The van der Waals surface area contributed by atoms with Gasteiger partial charge in [0.2, 0.25) is 0 Å². The number of carbonyl (C=O) groups excluding carboxylic acids is 2. The maximum Gasteiger partial charge on any atom is 0.264 e. The average Bonchev–Trinajstić information content (AvgIpc) is 2.47. The Morgan fingerprint density at radius 3 is 3.00 bits per heavy atom. The maximum absolute atomic E-state index is 12.3. The summed E-state index contributed by atoms with van der Waals surface area (Å²) in [5.41, 5.74) is 6.68. The van der Waals surface area contributed by atoms with Crippen molar-refractivity contribution in [3.8, 4) is 5.75 Å². The SMILES string of the molecule is CC(SCCN)C(=O)c1ccc2c(c1)N(C)C(=O)CO2. The highest BCUT2D eigenvalue weighted by Crippen LogP contribution is 2.32. The Hall–Kier alpha value is -1.53. The first-order valence-corrected chi connectivity index (χ1v) is 7.48. The number of Topliss-reactive ketones (excluding diaryl/α,β-unsaturated/α-hetero) is 1. The smallest absolute Gasteiger partial charge is 0.264 e. The molecule has 0 aliphatic carbocycles. The van der Waals surface area contributed by atoms with E-state index in [0.29, 0.717) is 23.5 Å². The van der Waals surface area contributed by atoms with E-state index >= 15 is 0 Å². The molecule has 0 radical (unpaired) electrons. The van der Waals surface area contributed by atoms with Crippen molar-refractivity contribution < 1.29 is 14.3 Å². The van der Waals surface area contributed by atoms with Crippen LogP contribution in [0.3, 0.4) is 0 Å². The summed E-state index contributed by atoms with van der Waals surface area (Å²) in [4.78, 5) is 25.5. The molecular formula is C14H18N2O3S. The van der Waals surface area contributed by atoms with Crippen molar-refractivity contribution in [3.05, 3.63) is 23.8 Å². The first kappa shape index (κ1) is 14.9. The van der Waals surface area contributed by atoms with Crippen molar-refractivity contribution in [1.82, 2.24) is 0 Å². The van der Waals surface area contributed by atoms with Crippen LogP contribution in [0.1, 0.15) is 17.3 Å². The molecule has 1 aliphatic rings. The number of ether oxygens (including phenoxy) is 1. The molecule has 1 aromatic carbocycles. The second-order valence-electron chi connectivity index (χ2n) is 4.59. The Labute approximate surface area is 122 Å². The summed E-state index contributed by atoms with van der Waals surface area (Å²) in [7, 11) is 1.69. The molecule has 0 bridgehead atoms. The van der Waals surface area contributed by atoms with Crippen LogP contribution in [0.25, 0.3) is 0 Å². The Morgan fingerprint density at radius 1 is 1.55 bits per heavy atom. The summed E-state index contributed by atoms with van der Waals surface area (Å²) < 4.78 is 5.34. The number of hydrogen-bond donors (Lipinski definition) is 1. The molecule has 0 aromatic heterocycles. The summed E-state index contributed by atoms with van der Waals surface area (Å²) in [5, 5.41) is -0.151. The summed E-state index contributed by atoms with van der Waals surface area (Å²) in [5.74, 6) is 1.30. The minimum atomic E-state index is -0.151. The molecule has 1 amide bonds. The summed E-state index contributed by atoms with van der Waals surface area (Å²) in [6.45, 7) is 2.46. The van der Waals surface area contributed by atoms with Crippen LogP contribution in [-0.4, -0.2) is 42.9 Å². The van der Waals surface area contributed by atoms with Crippen LogP contribution in [0, 0.1) is 0 Å². The zero-order chi connectivity index (χ0) is 14.7. The van der Waals surface area contributed by atoms with E-state index in [1.165, 1.54) is 16.7 Å². The van der Waals surface area contributed by atoms with E-state index in [9.17, 15) is 9.59 Å². The van der Waals surface area contributed by atoms with E-state index < -0.39 is 0 Å². The van der Waals surface area contributed by atoms with Gasteiger partial charge in [0.1, 0.15) is 5.75 Å². The first-order valence-electron chi connectivity index (χ1n) is 6.44. The lowest BCUT2D eigenvalue weighted by Crippen LogP contribution is -2.35. The molecule has 0 saturated heterocycles. The van der Waals surface area contributed by atoms with Gasteiger partial charge >= 0.3 is 0 Å².